The Morgan fingerprint density at radius 2 is 1.64 bits per heavy atom. The van der Waals surface area contributed by atoms with Crippen molar-refractivity contribution in [1.29, 1.82) is 0 Å². The van der Waals surface area contributed by atoms with Crippen molar-refractivity contribution >= 4 is 0 Å². The molecule has 0 amide bonds. The molecule has 3 nitrogen and oxygen atoms in total. The van der Waals surface area contributed by atoms with E-state index in [1.165, 1.54) is 0 Å². The van der Waals surface area contributed by atoms with E-state index in [4.69, 9.17) is 15.2 Å². The lowest BCUT2D eigenvalue weighted by Crippen LogP contribution is -2.20. The van der Waals surface area contributed by atoms with E-state index < -0.39 is 0 Å². The molecule has 2 atom stereocenters. The third-order valence-electron chi connectivity index (χ3n) is 2.75. The maximum absolute atomic E-state index is 5.84. The first kappa shape index (κ1) is 8.97. The average Bonchev–Trinajstić information content (AvgIpc) is 2.41. The van der Waals surface area contributed by atoms with E-state index in [1.807, 2.05) is 0 Å². The minimum absolute atomic E-state index is 0.139. The highest BCUT2D eigenvalue weighted by Gasteiger charge is 2.59. The fourth-order valence-electron chi connectivity index (χ4n) is 1.63. The van der Waals surface area contributed by atoms with Crippen LogP contribution in [0.3, 0.4) is 0 Å². The Hall–Kier alpha value is -0.120. The third-order valence-corrected chi connectivity index (χ3v) is 2.75. The molecule has 1 saturated carbocycles. The predicted molar refractivity (Wildman–Crippen MR) is 43.1 cm³/mol. The fraction of sp³-hybridized carbons (Fsp3) is 1.00. The van der Waals surface area contributed by atoms with Crippen LogP contribution in [0.15, 0.2) is 0 Å². The van der Waals surface area contributed by atoms with Crippen molar-refractivity contribution in [3.05, 3.63) is 0 Å². The Kier molecular flexibility index (Phi) is 2.23. The van der Waals surface area contributed by atoms with Gasteiger partial charge in [0, 0.05) is 26.2 Å². The summed E-state index contributed by atoms with van der Waals surface area (Å²) in [5.41, 5.74) is 6.01. The van der Waals surface area contributed by atoms with Gasteiger partial charge in [0.05, 0.1) is 0 Å². The SMILES string of the molecule is COC(OC)C1C(N)C1(C)C. The van der Waals surface area contributed by atoms with Crippen LogP contribution in [0, 0.1) is 11.3 Å². The first-order valence-corrected chi connectivity index (χ1v) is 3.87. The molecule has 0 aromatic carbocycles. The first-order chi connectivity index (χ1) is 5.05. The maximum atomic E-state index is 5.84. The Bertz CT molecular complexity index is 143. The molecular weight excluding hydrogens is 142 g/mol. The van der Waals surface area contributed by atoms with Crippen LogP contribution in [0.1, 0.15) is 13.8 Å². The molecule has 0 radical (unpaired) electrons. The molecular formula is C8H17NO2. The third kappa shape index (κ3) is 1.28. The van der Waals surface area contributed by atoms with Crippen LogP contribution < -0.4 is 5.73 Å². The second kappa shape index (κ2) is 2.73. The maximum Gasteiger partial charge on any atom is 0.161 e. The van der Waals surface area contributed by atoms with Crippen LogP contribution >= 0.6 is 0 Å². The Balaban J connectivity index is 2.51. The molecule has 0 aromatic heterocycles. The molecule has 0 spiro atoms. The van der Waals surface area contributed by atoms with Gasteiger partial charge in [-0.15, -0.1) is 0 Å². The minimum Gasteiger partial charge on any atom is -0.356 e. The van der Waals surface area contributed by atoms with E-state index in [2.05, 4.69) is 13.8 Å². The summed E-state index contributed by atoms with van der Waals surface area (Å²) >= 11 is 0. The summed E-state index contributed by atoms with van der Waals surface area (Å²) in [6, 6.07) is 0.215. The van der Waals surface area contributed by atoms with Gasteiger partial charge in [0.1, 0.15) is 0 Å². The van der Waals surface area contributed by atoms with Crippen molar-refractivity contribution < 1.29 is 9.47 Å². The molecule has 0 aromatic rings. The largest absolute Gasteiger partial charge is 0.356 e. The zero-order chi connectivity index (χ0) is 8.65. The van der Waals surface area contributed by atoms with Crippen molar-refractivity contribution in [3.8, 4) is 0 Å². The smallest absolute Gasteiger partial charge is 0.161 e. The van der Waals surface area contributed by atoms with Crippen LogP contribution in [-0.2, 0) is 9.47 Å². The van der Waals surface area contributed by atoms with Gasteiger partial charge in [-0.1, -0.05) is 13.8 Å². The van der Waals surface area contributed by atoms with Crippen LogP contribution in [-0.4, -0.2) is 26.6 Å². The van der Waals surface area contributed by atoms with Gasteiger partial charge in [-0.25, -0.2) is 0 Å². The summed E-state index contributed by atoms with van der Waals surface area (Å²) in [5.74, 6) is 0.345. The molecule has 0 bridgehead atoms. The van der Waals surface area contributed by atoms with Gasteiger partial charge in [0.15, 0.2) is 6.29 Å². The van der Waals surface area contributed by atoms with E-state index in [1.54, 1.807) is 14.2 Å². The molecule has 11 heavy (non-hydrogen) atoms. The Labute approximate surface area is 67.9 Å². The second-order valence-corrected chi connectivity index (χ2v) is 3.71. The van der Waals surface area contributed by atoms with Crippen LogP contribution in [0.2, 0.25) is 0 Å². The first-order valence-electron chi connectivity index (χ1n) is 3.87. The van der Waals surface area contributed by atoms with Gasteiger partial charge in [0.25, 0.3) is 0 Å². The highest BCUT2D eigenvalue weighted by molar-refractivity contribution is 5.10. The number of rotatable bonds is 3. The molecule has 0 aliphatic heterocycles. The molecule has 1 rings (SSSR count). The van der Waals surface area contributed by atoms with Crippen molar-refractivity contribution in [2.45, 2.75) is 26.2 Å². The van der Waals surface area contributed by atoms with Crippen molar-refractivity contribution in [1.82, 2.24) is 0 Å². The molecule has 3 heteroatoms. The van der Waals surface area contributed by atoms with Crippen LogP contribution in [0.25, 0.3) is 0 Å². The normalized spacial score (nSPS) is 34.4. The summed E-state index contributed by atoms with van der Waals surface area (Å²) < 4.78 is 10.3. The van der Waals surface area contributed by atoms with E-state index in [9.17, 15) is 0 Å². The zero-order valence-corrected chi connectivity index (χ0v) is 7.63. The quantitative estimate of drug-likeness (QED) is 0.613. The number of methoxy groups -OCH3 is 2. The van der Waals surface area contributed by atoms with E-state index >= 15 is 0 Å². The van der Waals surface area contributed by atoms with Gasteiger partial charge >= 0.3 is 0 Å². The Morgan fingerprint density at radius 1 is 1.27 bits per heavy atom. The molecule has 2 unspecified atom stereocenters. The predicted octanol–water partition coefficient (Wildman–Crippen LogP) is 0.589. The fourth-order valence-corrected chi connectivity index (χ4v) is 1.63. The Morgan fingerprint density at radius 3 is 1.73 bits per heavy atom. The van der Waals surface area contributed by atoms with E-state index in [0.29, 0.717) is 5.92 Å². The van der Waals surface area contributed by atoms with Crippen molar-refractivity contribution in [2.24, 2.45) is 17.1 Å². The lowest BCUT2D eigenvalue weighted by molar-refractivity contribution is -0.122. The number of hydrogen-bond donors (Lipinski definition) is 1. The standard InChI is InChI=1S/C8H17NO2/c1-8(2)5(6(8)9)7(10-3)11-4/h5-7H,9H2,1-4H3. The average molecular weight is 159 g/mol. The lowest BCUT2D eigenvalue weighted by Gasteiger charge is -2.13. The highest BCUT2D eigenvalue weighted by Crippen LogP contribution is 2.52. The van der Waals surface area contributed by atoms with Crippen molar-refractivity contribution in [2.75, 3.05) is 14.2 Å². The number of ether oxygens (including phenoxy) is 2. The van der Waals surface area contributed by atoms with Gasteiger partial charge in [0.2, 0.25) is 0 Å². The summed E-state index contributed by atoms with van der Waals surface area (Å²) in [5, 5.41) is 0. The monoisotopic (exact) mass is 159 g/mol. The molecule has 2 N–H and O–H groups in total. The molecule has 0 saturated heterocycles. The number of hydrogen-bond acceptors (Lipinski definition) is 3. The van der Waals surface area contributed by atoms with Gasteiger partial charge < -0.3 is 15.2 Å². The van der Waals surface area contributed by atoms with Gasteiger partial charge in [-0.05, 0) is 5.41 Å². The summed E-state index contributed by atoms with van der Waals surface area (Å²) in [4.78, 5) is 0. The topological polar surface area (TPSA) is 44.5 Å². The number of nitrogens with two attached hydrogens (primary N) is 1. The zero-order valence-electron chi connectivity index (χ0n) is 7.63. The lowest BCUT2D eigenvalue weighted by atomic mass is 10.1. The summed E-state index contributed by atoms with van der Waals surface area (Å²) in [6.07, 6.45) is -0.139. The molecule has 66 valence electrons. The van der Waals surface area contributed by atoms with Crippen LogP contribution in [0.4, 0.5) is 0 Å². The van der Waals surface area contributed by atoms with E-state index in [-0.39, 0.29) is 17.7 Å². The summed E-state index contributed by atoms with van der Waals surface area (Å²) in [7, 11) is 3.30. The van der Waals surface area contributed by atoms with E-state index in [0.717, 1.165) is 0 Å². The van der Waals surface area contributed by atoms with Gasteiger partial charge in [-0.2, -0.15) is 0 Å². The summed E-state index contributed by atoms with van der Waals surface area (Å²) in [6.45, 7) is 4.26. The van der Waals surface area contributed by atoms with Gasteiger partial charge in [-0.3, -0.25) is 0 Å². The molecule has 1 fully saturated rings. The second-order valence-electron chi connectivity index (χ2n) is 3.71. The highest BCUT2D eigenvalue weighted by atomic mass is 16.7. The van der Waals surface area contributed by atoms with Crippen LogP contribution in [0.5, 0.6) is 0 Å². The van der Waals surface area contributed by atoms with Crippen molar-refractivity contribution in [3.63, 3.8) is 0 Å². The molecule has 1 aliphatic rings. The molecule has 0 heterocycles. The molecule has 1 aliphatic carbocycles. The minimum atomic E-state index is -0.139.